The molecule has 0 atom stereocenters. The number of H-pyrrole nitrogens is 1. The van der Waals surface area contributed by atoms with Crippen molar-refractivity contribution in [3.05, 3.63) is 86.2 Å². The Labute approximate surface area is 180 Å². The van der Waals surface area contributed by atoms with Crippen LogP contribution in [-0.4, -0.2) is 33.6 Å². The van der Waals surface area contributed by atoms with Crippen LogP contribution in [0.15, 0.2) is 58.4 Å². The van der Waals surface area contributed by atoms with Crippen LogP contribution in [0.25, 0.3) is 11.3 Å². The standard InChI is InChI=1S/C21H18FN5O5/c1-2-9-32-19-8-3-13(10-18(19)27(30)31)12-23-26-20(28)17-11-16(24-21(29)25-17)14-4-6-15(22)7-5-14/h3-8,10-12H,2,9H2,1H3,(H,26,28)(H,24,25,29)/b23-12+. The second-order valence-corrected chi connectivity index (χ2v) is 6.52. The van der Waals surface area contributed by atoms with Gasteiger partial charge in [-0.3, -0.25) is 14.9 Å². The van der Waals surface area contributed by atoms with E-state index in [1.54, 1.807) is 6.07 Å². The molecular weight excluding hydrogens is 421 g/mol. The first-order valence-electron chi connectivity index (χ1n) is 9.49. The van der Waals surface area contributed by atoms with E-state index in [1.165, 1.54) is 48.7 Å². The number of ether oxygens (including phenoxy) is 1. The predicted molar refractivity (Wildman–Crippen MR) is 114 cm³/mol. The van der Waals surface area contributed by atoms with Crippen LogP contribution in [0.5, 0.6) is 5.75 Å². The molecule has 0 aliphatic heterocycles. The molecule has 0 fully saturated rings. The summed E-state index contributed by atoms with van der Waals surface area (Å²) in [7, 11) is 0. The zero-order valence-electron chi connectivity index (χ0n) is 16.9. The molecule has 2 aromatic carbocycles. The van der Waals surface area contributed by atoms with Gasteiger partial charge in [0.15, 0.2) is 5.75 Å². The Hall–Kier alpha value is -4.41. The average Bonchev–Trinajstić information content (AvgIpc) is 2.78. The summed E-state index contributed by atoms with van der Waals surface area (Å²) in [5.41, 5.74) is 2.12. The van der Waals surface area contributed by atoms with Gasteiger partial charge in [-0.15, -0.1) is 0 Å². The van der Waals surface area contributed by atoms with Crippen molar-refractivity contribution in [2.75, 3.05) is 6.61 Å². The zero-order chi connectivity index (χ0) is 23.1. The molecule has 1 amide bonds. The second-order valence-electron chi connectivity index (χ2n) is 6.52. The molecule has 0 aliphatic rings. The smallest absolute Gasteiger partial charge is 0.346 e. The van der Waals surface area contributed by atoms with Crippen molar-refractivity contribution in [2.24, 2.45) is 5.10 Å². The summed E-state index contributed by atoms with van der Waals surface area (Å²) in [6, 6.07) is 10.9. The van der Waals surface area contributed by atoms with E-state index in [0.29, 0.717) is 24.2 Å². The van der Waals surface area contributed by atoms with Crippen LogP contribution in [0, 0.1) is 15.9 Å². The van der Waals surface area contributed by atoms with Crippen molar-refractivity contribution in [3.63, 3.8) is 0 Å². The van der Waals surface area contributed by atoms with Gasteiger partial charge in [-0.1, -0.05) is 6.92 Å². The fraction of sp³-hybridized carbons (Fsp3) is 0.143. The normalized spacial score (nSPS) is 10.8. The summed E-state index contributed by atoms with van der Waals surface area (Å²) in [5.74, 6) is -1.04. The first-order chi connectivity index (χ1) is 15.4. The molecule has 0 saturated carbocycles. The molecule has 0 aliphatic carbocycles. The first kappa shape index (κ1) is 22.3. The maximum Gasteiger partial charge on any atom is 0.346 e. The molecule has 11 heteroatoms. The van der Waals surface area contributed by atoms with Crippen LogP contribution in [0.3, 0.4) is 0 Å². The topological polar surface area (TPSA) is 140 Å². The minimum atomic E-state index is -0.765. The van der Waals surface area contributed by atoms with E-state index in [-0.39, 0.29) is 22.8 Å². The molecule has 0 bridgehead atoms. The number of nitrogens with one attached hydrogen (secondary N) is 2. The molecule has 10 nitrogen and oxygen atoms in total. The number of carbonyl (C=O) groups is 1. The molecule has 1 aromatic heterocycles. The SMILES string of the molecule is CCCOc1ccc(/C=N/NC(=O)c2cc(-c3ccc(F)cc3)nc(=O)[nH]2)cc1[N+](=O)[O-]. The van der Waals surface area contributed by atoms with E-state index < -0.39 is 22.3 Å². The van der Waals surface area contributed by atoms with Crippen LogP contribution in [0.1, 0.15) is 29.4 Å². The summed E-state index contributed by atoms with van der Waals surface area (Å²) < 4.78 is 18.5. The Morgan fingerprint density at radius 1 is 1.28 bits per heavy atom. The van der Waals surface area contributed by atoms with E-state index in [0.717, 1.165) is 0 Å². The van der Waals surface area contributed by atoms with E-state index in [2.05, 4.69) is 20.5 Å². The quantitative estimate of drug-likeness (QED) is 0.314. The third kappa shape index (κ3) is 5.59. The Morgan fingerprint density at radius 3 is 2.72 bits per heavy atom. The maximum atomic E-state index is 13.1. The van der Waals surface area contributed by atoms with Crippen molar-refractivity contribution in [3.8, 4) is 17.0 Å². The number of amides is 1. The third-order valence-corrected chi connectivity index (χ3v) is 4.15. The number of nitrogens with zero attached hydrogens (tertiary/aromatic N) is 3. The number of hydrogen-bond acceptors (Lipinski definition) is 7. The van der Waals surface area contributed by atoms with Crippen LogP contribution >= 0.6 is 0 Å². The Morgan fingerprint density at radius 2 is 2.03 bits per heavy atom. The van der Waals surface area contributed by atoms with Gasteiger partial charge in [0, 0.05) is 17.2 Å². The lowest BCUT2D eigenvalue weighted by Gasteiger charge is -2.06. The van der Waals surface area contributed by atoms with Crippen LogP contribution in [-0.2, 0) is 0 Å². The molecule has 0 spiro atoms. The largest absolute Gasteiger partial charge is 0.487 e. The van der Waals surface area contributed by atoms with Gasteiger partial charge in [-0.2, -0.15) is 10.1 Å². The highest BCUT2D eigenvalue weighted by atomic mass is 19.1. The highest BCUT2D eigenvalue weighted by molar-refractivity contribution is 5.94. The summed E-state index contributed by atoms with van der Waals surface area (Å²) in [5, 5.41) is 15.0. The minimum absolute atomic E-state index is 0.115. The summed E-state index contributed by atoms with van der Waals surface area (Å²) in [6.45, 7) is 2.22. The number of aromatic nitrogens is 2. The number of hydrogen-bond donors (Lipinski definition) is 2. The fourth-order valence-electron chi connectivity index (χ4n) is 2.67. The first-order valence-corrected chi connectivity index (χ1v) is 9.49. The van der Waals surface area contributed by atoms with Crippen LogP contribution < -0.4 is 15.9 Å². The van der Waals surface area contributed by atoms with Gasteiger partial charge < -0.3 is 9.72 Å². The van der Waals surface area contributed by atoms with Crippen molar-refractivity contribution in [1.29, 1.82) is 0 Å². The molecule has 2 N–H and O–H groups in total. The molecule has 1 heterocycles. The van der Waals surface area contributed by atoms with Crippen molar-refractivity contribution in [2.45, 2.75) is 13.3 Å². The highest BCUT2D eigenvalue weighted by Gasteiger charge is 2.15. The lowest BCUT2D eigenvalue weighted by Crippen LogP contribution is -2.24. The fourth-order valence-corrected chi connectivity index (χ4v) is 2.67. The number of halogens is 1. The molecule has 164 valence electrons. The molecule has 0 saturated heterocycles. The number of carbonyl (C=O) groups excluding carboxylic acids is 1. The summed E-state index contributed by atoms with van der Waals surface area (Å²) >= 11 is 0. The van der Waals surface area contributed by atoms with Gasteiger partial charge in [-0.25, -0.2) is 14.6 Å². The molecule has 3 aromatic rings. The number of nitro groups is 1. The zero-order valence-corrected chi connectivity index (χ0v) is 16.9. The van der Waals surface area contributed by atoms with Gasteiger partial charge >= 0.3 is 11.4 Å². The van der Waals surface area contributed by atoms with E-state index >= 15 is 0 Å². The lowest BCUT2D eigenvalue weighted by atomic mass is 10.1. The molecule has 3 rings (SSSR count). The number of hydrazone groups is 1. The van der Waals surface area contributed by atoms with Gasteiger partial charge in [0.25, 0.3) is 5.91 Å². The Balaban J connectivity index is 1.75. The van der Waals surface area contributed by atoms with Crippen molar-refractivity contribution >= 4 is 17.8 Å². The predicted octanol–water partition coefficient (Wildman–Crippen LogP) is 3.04. The van der Waals surface area contributed by atoms with Crippen molar-refractivity contribution in [1.82, 2.24) is 15.4 Å². The molecule has 0 radical (unpaired) electrons. The number of nitro benzene ring substituents is 1. The van der Waals surface area contributed by atoms with Gasteiger partial charge in [0.1, 0.15) is 11.5 Å². The molecule has 0 unspecified atom stereocenters. The number of benzene rings is 2. The number of rotatable bonds is 8. The van der Waals surface area contributed by atoms with Crippen molar-refractivity contribution < 1.29 is 18.8 Å². The van der Waals surface area contributed by atoms with Gasteiger partial charge in [0.2, 0.25) is 0 Å². The highest BCUT2D eigenvalue weighted by Crippen LogP contribution is 2.27. The lowest BCUT2D eigenvalue weighted by molar-refractivity contribution is -0.385. The minimum Gasteiger partial charge on any atom is -0.487 e. The van der Waals surface area contributed by atoms with Crippen LogP contribution in [0.2, 0.25) is 0 Å². The average molecular weight is 439 g/mol. The molecular formula is C21H18FN5O5. The van der Waals surface area contributed by atoms with Crippen LogP contribution in [0.4, 0.5) is 10.1 Å². The summed E-state index contributed by atoms with van der Waals surface area (Å²) in [4.78, 5) is 40.9. The van der Waals surface area contributed by atoms with E-state index in [9.17, 15) is 24.1 Å². The third-order valence-electron chi connectivity index (χ3n) is 4.15. The second kappa shape index (κ2) is 10.1. The van der Waals surface area contributed by atoms with Gasteiger partial charge in [-0.05, 0) is 48.9 Å². The maximum absolute atomic E-state index is 13.1. The molecule has 32 heavy (non-hydrogen) atoms. The monoisotopic (exact) mass is 439 g/mol. The number of aromatic amines is 1. The van der Waals surface area contributed by atoms with E-state index in [1.807, 2.05) is 6.92 Å². The Bertz CT molecular complexity index is 1220. The van der Waals surface area contributed by atoms with E-state index in [4.69, 9.17) is 4.74 Å². The van der Waals surface area contributed by atoms with Gasteiger partial charge in [0.05, 0.1) is 23.4 Å². The summed E-state index contributed by atoms with van der Waals surface area (Å²) in [6.07, 6.45) is 1.92. The Kier molecular flexibility index (Phi) is 7.01.